The lowest BCUT2D eigenvalue weighted by molar-refractivity contribution is -0.0597. The Morgan fingerprint density at radius 3 is 3.00 bits per heavy atom. The Balaban J connectivity index is 1.71. The van der Waals surface area contributed by atoms with Crippen LogP contribution in [0.5, 0.6) is 0 Å². The number of nitrogens with zero attached hydrogens (tertiary/aromatic N) is 4. The Morgan fingerprint density at radius 2 is 2.17 bits per heavy atom. The topological polar surface area (TPSA) is 62.1 Å². The van der Waals surface area contributed by atoms with Crippen LogP contribution in [-0.4, -0.2) is 38.7 Å². The van der Waals surface area contributed by atoms with Gasteiger partial charge in [0, 0.05) is 24.7 Å². The third-order valence-electron chi connectivity index (χ3n) is 5.83. The molecule has 1 N–H and O–H groups in total. The molecule has 0 amide bonds. The van der Waals surface area contributed by atoms with Gasteiger partial charge < -0.3 is 10.0 Å². The molecule has 0 radical (unpaired) electrons. The maximum atomic E-state index is 11.0. The Morgan fingerprint density at radius 1 is 1.30 bits per heavy atom. The minimum absolute atomic E-state index is 0.344. The third-order valence-corrected chi connectivity index (χ3v) is 5.83. The minimum Gasteiger partial charge on any atom is -0.390 e. The summed E-state index contributed by atoms with van der Waals surface area (Å²) >= 11 is 0. The molecule has 0 unspecified atom stereocenters. The van der Waals surface area contributed by atoms with Crippen molar-refractivity contribution < 1.29 is 5.11 Å². The molecule has 23 heavy (non-hydrogen) atoms. The normalized spacial score (nSPS) is 30.7. The molecule has 2 fully saturated rings. The molecule has 1 aliphatic carbocycles. The van der Waals surface area contributed by atoms with E-state index in [-0.39, 0.29) is 0 Å². The van der Waals surface area contributed by atoms with Crippen molar-refractivity contribution in [2.45, 2.75) is 45.1 Å². The Hall–Kier alpha value is -1.75. The molecular weight excluding hydrogens is 288 g/mol. The van der Waals surface area contributed by atoms with Crippen molar-refractivity contribution in [2.24, 2.45) is 11.8 Å². The van der Waals surface area contributed by atoms with Gasteiger partial charge in [-0.25, -0.2) is 15.0 Å². The van der Waals surface area contributed by atoms with Gasteiger partial charge in [0.25, 0.3) is 0 Å². The summed E-state index contributed by atoms with van der Waals surface area (Å²) in [4.78, 5) is 15.9. The quantitative estimate of drug-likeness (QED) is 0.924. The van der Waals surface area contributed by atoms with Gasteiger partial charge in [-0.2, -0.15) is 0 Å². The monoisotopic (exact) mass is 312 g/mol. The maximum absolute atomic E-state index is 11.0. The van der Waals surface area contributed by atoms with Crippen molar-refractivity contribution in [3.8, 4) is 0 Å². The highest BCUT2D eigenvalue weighted by molar-refractivity contribution is 5.85. The summed E-state index contributed by atoms with van der Waals surface area (Å²) in [6, 6.07) is 3.99. The Kier molecular flexibility index (Phi) is 3.48. The van der Waals surface area contributed by atoms with E-state index in [0.717, 1.165) is 54.9 Å². The average Bonchev–Trinajstić information content (AvgIpc) is 3.00. The van der Waals surface area contributed by atoms with Gasteiger partial charge in [0.1, 0.15) is 11.8 Å². The molecule has 1 aliphatic heterocycles. The van der Waals surface area contributed by atoms with Crippen LogP contribution in [0.4, 0.5) is 5.82 Å². The second-order valence-electron chi connectivity index (χ2n) is 7.14. The predicted molar refractivity (Wildman–Crippen MR) is 90.4 cm³/mol. The number of hydrogen-bond donors (Lipinski definition) is 1. The van der Waals surface area contributed by atoms with Gasteiger partial charge in [-0.1, -0.05) is 13.3 Å². The largest absolute Gasteiger partial charge is 0.390 e. The molecule has 4 rings (SSSR count). The molecule has 2 aromatic rings. The van der Waals surface area contributed by atoms with Gasteiger partial charge in [0.2, 0.25) is 0 Å². The molecule has 5 nitrogen and oxygen atoms in total. The number of aliphatic hydroxyl groups is 1. The van der Waals surface area contributed by atoms with Gasteiger partial charge in [-0.15, -0.1) is 0 Å². The fourth-order valence-corrected chi connectivity index (χ4v) is 4.50. The van der Waals surface area contributed by atoms with Crippen molar-refractivity contribution in [2.75, 3.05) is 18.0 Å². The first-order valence-corrected chi connectivity index (χ1v) is 8.66. The van der Waals surface area contributed by atoms with Crippen LogP contribution < -0.4 is 4.90 Å². The van der Waals surface area contributed by atoms with Gasteiger partial charge in [-0.3, -0.25) is 0 Å². The summed E-state index contributed by atoms with van der Waals surface area (Å²) in [5, 5.41) is 11.0. The first kappa shape index (κ1) is 14.8. The van der Waals surface area contributed by atoms with E-state index >= 15 is 0 Å². The smallest absolute Gasteiger partial charge is 0.158 e. The second kappa shape index (κ2) is 5.41. The average molecular weight is 312 g/mol. The van der Waals surface area contributed by atoms with Crippen molar-refractivity contribution in [1.82, 2.24) is 15.0 Å². The van der Waals surface area contributed by atoms with Crippen LogP contribution in [0, 0.1) is 18.8 Å². The molecule has 2 aliphatic rings. The van der Waals surface area contributed by atoms with Crippen LogP contribution in [0.3, 0.4) is 0 Å². The van der Waals surface area contributed by atoms with E-state index in [4.69, 9.17) is 0 Å². The van der Waals surface area contributed by atoms with Gasteiger partial charge in [0.05, 0.1) is 11.1 Å². The zero-order valence-corrected chi connectivity index (χ0v) is 13.9. The SMILES string of the molecule is CC[C@]1(O)CCC[C@H]2CN(c3ncnc4ccc(C)nc34)C[C@H]21. The number of rotatable bonds is 2. The fourth-order valence-electron chi connectivity index (χ4n) is 4.50. The highest BCUT2D eigenvalue weighted by Gasteiger charge is 2.48. The molecule has 5 heteroatoms. The van der Waals surface area contributed by atoms with Crippen molar-refractivity contribution in [1.29, 1.82) is 0 Å². The van der Waals surface area contributed by atoms with E-state index in [1.54, 1.807) is 6.33 Å². The van der Waals surface area contributed by atoms with Crippen LogP contribution >= 0.6 is 0 Å². The Bertz CT molecular complexity index is 734. The van der Waals surface area contributed by atoms with Crippen LogP contribution in [0.25, 0.3) is 11.0 Å². The minimum atomic E-state index is -0.510. The highest BCUT2D eigenvalue weighted by atomic mass is 16.3. The number of aromatic nitrogens is 3. The number of hydrogen-bond acceptors (Lipinski definition) is 5. The highest BCUT2D eigenvalue weighted by Crippen LogP contribution is 2.45. The lowest BCUT2D eigenvalue weighted by Gasteiger charge is -2.40. The van der Waals surface area contributed by atoms with Crippen molar-refractivity contribution >= 4 is 16.9 Å². The summed E-state index contributed by atoms with van der Waals surface area (Å²) in [6.07, 6.45) is 5.73. The summed E-state index contributed by atoms with van der Waals surface area (Å²) in [5.41, 5.74) is 2.24. The summed E-state index contributed by atoms with van der Waals surface area (Å²) in [6.45, 7) is 5.94. The summed E-state index contributed by atoms with van der Waals surface area (Å²) in [7, 11) is 0. The second-order valence-corrected chi connectivity index (χ2v) is 7.14. The summed E-state index contributed by atoms with van der Waals surface area (Å²) in [5.74, 6) is 1.83. The van der Waals surface area contributed by atoms with Crippen molar-refractivity contribution in [3.05, 3.63) is 24.2 Å². The maximum Gasteiger partial charge on any atom is 0.158 e. The molecule has 1 saturated heterocycles. The first-order valence-electron chi connectivity index (χ1n) is 8.66. The van der Waals surface area contributed by atoms with E-state index in [1.807, 2.05) is 19.1 Å². The molecule has 3 atom stereocenters. The van der Waals surface area contributed by atoms with Crippen molar-refractivity contribution in [3.63, 3.8) is 0 Å². The van der Waals surface area contributed by atoms with E-state index in [2.05, 4.69) is 26.8 Å². The van der Waals surface area contributed by atoms with Crippen LogP contribution in [0.2, 0.25) is 0 Å². The molecule has 122 valence electrons. The van der Waals surface area contributed by atoms with Gasteiger partial charge in [-0.05, 0) is 44.2 Å². The zero-order valence-electron chi connectivity index (χ0n) is 13.9. The number of pyridine rings is 1. The van der Waals surface area contributed by atoms with E-state index in [1.165, 1.54) is 6.42 Å². The lowest BCUT2D eigenvalue weighted by atomic mass is 9.69. The van der Waals surface area contributed by atoms with Gasteiger partial charge in [0.15, 0.2) is 5.82 Å². The molecule has 0 aromatic carbocycles. The predicted octanol–water partition coefficient (Wildman–Crippen LogP) is 2.71. The molecule has 0 bridgehead atoms. The Labute approximate surface area is 136 Å². The number of anilines is 1. The van der Waals surface area contributed by atoms with Crippen LogP contribution in [0.1, 0.15) is 38.3 Å². The number of fused-ring (bicyclic) bond motifs is 2. The van der Waals surface area contributed by atoms with E-state index in [0.29, 0.717) is 11.8 Å². The van der Waals surface area contributed by atoms with Gasteiger partial charge >= 0.3 is 0 Å². The molecule has 0 spiro atoms. The van der Waals surface area contributed by atoms with E-state index < -0.39 is 5.60 Å². The third kappa shape index (κ3) is 2.38. The molecule has 1 saturated carbocycles. The van der Waals surface area contributed by atoms with E-state index in [9.17, 15) is 5.11 Å². The zero-order chi connectivity index (χ0) is 16.0. The molecule has 2 aromatic heterocycles. The van der Waals surface area contributed by atoms with Crippen LogP contribution in [0.15, 0.2) is 18.5 Å². The standard InChI is InChI=1S/C18H24N4O/c1-3-18(23)8-4-5-13-9-22(10-14(13)18)17-16-15(19-11-20-17)7-6-12(2)21-16/h6-7,11,13-14,23H,3-5,8-10H2,1-2H3/t13-,14+,18-/m0/s1. The molecule has 3 heterocycles. The number of aryl methyl sites for hydroxylation is 1. The fraction of sp³-hybridized carbons (Fsp3) is 0.611. The first-order chi connectivity index (χ1) is 11.1. The summed E-state index contributed by atoms with van der Waals surface area (Å²) < 4.78 is 0. The van der Waals surface area contributed by atoms with Crippen LogP contribution in [-0.2, 0) is 0 Å². The molecular formula is C18H24N4O. The lowest BCUT2D eigenvalue weighted by Crippen LogP contribution is -2.44.